The fraction of sp³-hybridized carbons (Fsp3) is 0.250. The van der Waals surface area contributed by atoms with Gasteiger partial charge in [0.25, 0.3) is 11.8 Å². The highest BCUT2D eigenvalue weighted by Gasteiger charge is 2.45. The van der Waals surface area contributed by atoms with Crippen molar-refractivity contribution in [2.24, 2.45) is 5.41 Å². The van der Waals surface area contributed by atoms with Crippen LogP contribution in [-0.4, -0.2) is 55.7 Å². The molecule has 3 aliphatic heterocycles. The third-order valence-corrected chi connectivity index (χ3v) is 11.0. The van der Waals surface area contributed by atoms with Crippen LogP contribution in [0.5, 0.6) is 5.75 Å². The molecule has 1 spiro atoms. The smallest absolute Gasteiger partial charge is 0.410 e. The van der Waals surface area contributed by atoms with Crippen LogP contribution in [0.25, 0.3) is 10.4 Å². The van der Waals surface area contributed by atoms with E-state index < -0.39 is 6.09 Å². The van der Waals surface area contributed by atoms with Crippen molar-refractivity contribution in [2.45, 2.75) is 26.2 Å². The Morgan fingerprint density at radius 3 is 2.41 bits per heavy atom. The molecule has 8 rings (SSSR count). The normalized spacial score (nSPS) is 15.9. The van der Waals surface area contributed by atoms with E-state index in [-0.39, 0.29) is 17.2 Å². The SMILES string of the molecule is Cc1ccc(C(=O)Nc2ccc(C(=O)N3CCc4cc(NC(=O)Oc5ccccc5)sc4-c4ccccc43)cc2)c(N2CC3(CCOCC3)C2)n1. The topological polar surface area (TPSA) is 113 Å². The summed E-state index contributed by atoms with van der Waals surface area (Å²) in [5, 5.41) is 6.55. The molecular formula is C40H37N5O5S. The predicted octanol–water partition coefficient (Wildman–Crippen LogP) is 7.80. The lowest BCUT2D eigenvalue weighted by atomic mass is 9.73. The van der Waals surface area contributed by atoms with Crippen molar-refractivity contribution < 1.29 is 23.9 Å². The van der Waals surface area contributed by atoms with E-state index in [0.29, 0.717) is 46.3 Å². The average molecular weight is 700 g/mol. The van der Waals surface area contributed by atoms with Gasteiger partial charge in [-0.1, -0.05) is 36.4 Å². The Hall–Kier alpha value is -5.52. The zero-order valence-electron chi connectivity index (χ0n) is 28.2. The second-order valence-electron chi connectivity index (χ2n) is 13.3. The lowest BCUT2D eigenvalue weighted by Gasteiger charge is -2.53. The van der Waals surface area contributed by atoms with Gasteiger partial charge in [0, 0.05) is 65.6 Å². The van der Waals surface area contributed by atoms with Gasteiger partial charge in [-0.05, 0) is 92.4 Å². The van der Waals surface area contributed by atoms with E-state index in [1.54, 1.807) is 41.3 Å². The van der Waals surface area contributed by atoms with E-state index in [2.05, 4.69) is 15.5 Å². The number of hydrogen-bond acceptors (Lipinski definition) is 8. The van der Waals surface area contributed by atoms with Crippen LogP contribution in [0, 0.1) is 12.3 Å². The first-order chi connectivity index (χ1) is 24.8. The Balaban J connectivity index is 0.953. The van der Waals surface area contributed by atoms with Crippen molar-refractivity contribution >= 4 is 51.4 Å². The van der Waals surface area contributed by atoms with E-state index in [4.69, 9.17) is 14.5 Å². The molecule has 0 aliphatic carbocycles. The van der Waals surface area contributed by atoms with Gasteiger partial charge >= 0.3 is 6.09 Å². The van der Waals surface area contributed by atoms with Crippen LogP contribution >= 0.6 is 11.3 Å². The molecule has 10 nitrogen and oxygen atoms in total. The Kier molecular flexibility index (Phi) is 8.75. The number of thiophene rings is 1. The number of ether oxygens (including phenoxy) is 2. The summed E-state index contributed by atoms with van der Waals surface area (Å²) in [6.07, 6.45) is 2.12. The quantitative estimate of drug-likeness (QED) is 0.186. The molecule has 5 aromatic rings. The summed E-state index contributed by atoms with van der Waals surface area (Å²) in [6.45, 7) is 5.72. The van der Waals surface area contributed by atoms with Gasteiger partial charge < -0.3 is 24.6 Å². The molecule has 0 bridgehead atoms. The van der Waals surface area contributed by atoms with Crippen LogP contribution in [0.15, 0.2) is 97.1 Å². The molecule has 0 saturated carbocycles. The molecule has 2 aromatic heterocycles. The van der Waals surface area contributed by atoms with Crippen LogP contribution in [0.4, 0.5) is 27.0 Å². The number of nitrogens with zero attached hydrogens (tertiary/aromatic N) is 3. The molecule has 3 aliphatic rings. The predicted molar refractivity (Wildman–Crippen MR) is 199 cm³/mol. The Morgan fingerprint density at radius 2 is 1.63 bits per heavy atom. The van der Waals surface area contributed by atoms with Gasteiger partial charge in [0.1, 0.15) is 11.6 Å². The van der Waals surface area contributed by atoms with Crippen LogP contribution < -0.4 is 25.2 Å². The van der Waals surface area contributed by atoms with Gasteiger partial charge in [0.15, 0.2) is 0 Å². The number of anilines is 4. The van der Waals surface area contributed by atoms with Crippen molar-refractivity contribution in [3.8, 4) is 16.2 Å². The van der Waals surface area contributed by atoms with Crippen LogP contribution in [0.2, 0.25) is 0 Å². The van der Waals surface area contributed by atoms with Gasteiger partial charge in [-0.3, -0.25) is 14.9 Å². The average Bonchev–Trinajstić information content (AvgIpc) is 3.46. The molecule has 3 aromatic carbocycles. The summed E-state index contributed by atoms with van der Waals surface area (Å²) < 4.78 is 11.0. The molecular weight excluding hydrogens is 663 g/mol. The number of carbonyl (C=O) groups excluding carboxylic acids is 3. The molecule has 258 valence electrons. The van der Waals surface area contributed by atoms with E-state index >= 15 is 0 Å². The number of carbonyl (C=O) groups is 3. The molecule has 0 atom stereocenters. The first-order valence-electron chi connectivity index (χ1n) is 17.1. The minimum atomic E-state index is -0.557. The minimum absolute atomic E-state index is 0.134. The van der Waals surface area contributed by atoms with E-state index in [1.807, 2.05) is 67.6 Å². The van der Waals surface area contributed by atoms with E-state index in [9.17, 15) is 14.4 Å². The number of hydrogen-bond donors (Lipinski definition) is 2. The highest BCUT2D eigenvalue weighted by atomic mass is 32.1. The Labute approximate surface area is 300 Å². The number of amides is 3. The van der Waals surface area contributed by atoms with Gasteiger partial charge in [-0.25, -0.2) is 9.78 Å². The molecule has 3 amide bonds. The number of fused-ring (bicyclic) bond motifs is 3. The largest absolute Gasteiger partial charge is 0.417 e. The lowest BCUT2D eigenvalue weighted by Crippen LogP contribution is -2.59. The molecule has 2 N–H and O–H groups in total. The summed E-state index contributed by atoms with van der Waals surface area (Å²) >= 11 is 1.46. The zero-order chi connectivity index (χ0) is 35.0. The van der Waals surface area contributed by atoms with Gasteiger partial charge in [0.05, 0.1) is 16.3 Å². The van der Waals surface area contributed by atoms with Crippen molar-refractivity contribution in [2.75, 3.05) is 53.3 Å². The molecule has 51 heavy (non-hydrogen) atoms. The van der Waals surface area contributed by atoms with Crippen LogP contribution in [0.3, 0.4) is 0 Å². The number of aromatic nitrogens is 1. The second-order valence-corrected chi connectivity index (χ2v) is 14.4. The summed E-state index contributed by atoms with van der Waals surface area (Å²) in [6, 6.07) is 29.4. The van der Waals surface area contributed by atoms with Crippen molar-refractivity contribution in [3.63, 3.8) is 0 Å². The van der Waals surface area contributed by atoms with Crippen molar-refractivity contribution in [1.82, 2.24) is 4.98 Å². The maximum atomic E-state index is 14.0. The van der Waals surface area contributed by atoms with Gasteiger partial charge in [-0.2, -0.15) is 0 Å². The minimum Gasteiger partial charge on any atom is -0.410 e. The van der Waals surface area contributed by atoms with Crippen LogP contribution in [0.1, 0.15) is 44.8 Å². The highest BCUT2D eigenvalue weighted by Crippen LogP contribution is 2.44. The van der Waals surface area contributed by atoms with Crippen molar-refractivity contribution in [3.05, 3.63) is 119 Å². The third-order valence-electron chi connectivity index (χ3n) is 9.83. The standard InChI is InChI=1S/C40H37N5O5S/c1-26-11-16-32(36(41-26)44-24-40(25-44)18-21-49-22-19-40)37(46)42-29-14-12-27(13-15-29)38(47)45-20-17-28-23-34(43-39(48)50-30-7-3-2-4-8-30)51-35(28)31-9-5-6-10-33(31)45/h2-16,23H,17-22,24-25H2,1H3,(H,42,46)(H,43,48). The summed E-state index contributed by atoms with van der Waals surface area (Å²) in [4.78, 5) is 49.9. The molecule has 5 heterocycles. The summed E-state index contributed by atoms with van der Waals surface area (Å²) in [7, 11) is 0. The number of pyridine rings is 1. The first-order valence-corrected chi connectivity index (χ1v) is 18.0. The Morgan fingerprint density at radius 1 is 0.882 bits per heavy atom. The third kappa shape index (κ3) is 6.70. The number of para-hydroxylation sites is 2. The second kappa shape index (κ2) is 13.7. The molecule has 0 unspecified atom stereocenters. The fourth-order valence-electron chi connectivity index (χ4n) is 7.14. The number of rotatable bonds is 6. The number of nitrogens with one attached hydrogen (secondary N) is 2. The summed E-state index contributed by atoms with van der Waals surface area (Å²) in [5.74, 6) is 0.802. The maximum absolute atomic E-state index is 14.0. The monoisotopic (exact) mass is 699 g/mol. The Bertz CT molecular complexity index is 2100. The number of aryl methyl sites for hydroxylation is 1. The van der Waals surface area contributed by atoms with E-state index in [0.717, 1.165) is 66.5 Å². The van der Waals surface area contributed by atoms with Crippen LogP contribution in [-0.2, 0) is 11.2 Å². The first kappa shape index (κ1) is 32.7. The molecule has 2 saturated heterocycles. The molecule has 2 fully saturated rings. The zero-order valence-corrected chi connectivity index (χ0v) is 29.0. The van der Waals surface area contributed by atoms with Gasteiger partial charge in [0.2, 0.25) is 0 Å². The fourth-order valence-corrected chi connectivity index (χ4v) is 8.27. The van der Waals surface area contributed by atoms with Crippen molar-refractivity contribution in [1.29, 1.82) is 0 Å². The van der Waals surface area contributed by atoms with E-state index in [1.165, 1.54) is 11.3 Å². The lowest BCUT2D eigenvalue weighted by molar-refractivity contribution is -0.000518. The maximum Gasteiger partial charge on any atom is 0.417 e. The highest BCUT2D eigenvalue weighted by molar-refractivity contribution is 7.19. The van der Waals surface area contributed by atoms with Gasteiger partial charge in [-0.15, -0.1) is 11.3 Å². The molecule has 11 heteroatoms. The summed E-state index contributed by atoms with van der Waals surface area (Å²) in [5.41, 5.74) is 5.51. The molecule has 0 radical (unpaired) electrons. The number of benzene rings is 3.